The van der Waals surface area contributed by atoms with Gasteiger partial charge in [-0.2, -0.15) is 4.98 Å². The largest absolute Gasteiger partial charge is 0.338 e. The van der Waals surface area contributed by atoms with Crippen molar-refractivity contribution >= 4 is 0 Å². The maximum absolute atomic E-state index is 6.08. The molecule has 2 unspecified atom stereocenters. The molecule has 2 aliphatic heterocycles. The monoisotopic (exact) mass is 250 g/mol. The highest BCUT2D eigenvalue weighted by molar-refractivity contribution is 4.99. The Morgan fingerprint density at radius 1 is 1.33 bits per heavy atom. The number of aromatic nitrogens is 2. The van der Waals surface area contributed by atoms with Crippen molar-refractivity contribution in [3.8, 4) is 0 Å². The van der Waals surface area contributed by atoms with Crippen LogP contribution in [0.25, 0.3) is 0 Å². The highest BCUT2D eigenvalue weighted by Gasteiger charge is 2.40. The summed E-state index contributed by atoms with van der Waals surface area (Å²) in [6.07, 6.45) is 4.76. The molecule has 2 fully saturated rings. The van der Waals surface area contributed by atoms with E-state index in [9.17, 15) is 0 Å². The van der Waals surface area contributed by atoms with Gasteiger partial charge < -0.3 is 10.3 Å². The van der Waals surface area contributed by atoms with Gasteiger partial charge in [0.05, 0.1) is 6.54 Å². The summed E-state index contributed by atoms with van der Waals surface area (Å²) in [4.78, 5) is 6.98. The van der Waals surface area contributed by atoms with Gasteiger partial charge in [0, 0.05) is 24.0 Å². The Bertz CT molecular complexity index is 403. The molecule has 0 saturated carbocycles. The summed E-state index contributed by atoms with van der Waals surface area (Å²) in [5, 5.41) is 4.03. The van der Waals surface area contributed by atoms with E-state index in [1.807, 2.05) is 0 Å². The van der Waals surface area contributed by atoms with Gasteiger partial charge in [-0.15, -0.1) is 0 Å². The van der Waals surface area contributed by atoms with Gasteiger partial charge in [0.15, 0.2) is 5.82 Å². The van der Waals surface area contributed by atoms with Gasteiger partial charge >= 0.3 is 0 Å². The highest BCUT2D eigenvalue weighted by atomic mass is 16.5. The van der Waals surface area contributed by atoms with Crippen LogP contribution in [-0.2, 0) is 6.54 Å². The van der Waals surface area contributed by atoms with Crippen LogP contribution in [0.1, 0.15) is 57.2 Å². The van der Waals surface area contributed by atoms with Crippen LogP contribution < -0.4 is 5.73 Å². The molecule has 100 valence electrons. The summed E-state index contributed by atoms with van der Waals surface area (Å²) in [6, 6.07) is 1.62. The number of piperidine rings is 1. The van der Waals surface area contributed by atoms with Gasteiger partial charge in [-0.3, -0.25) is 4.90 Å². The Morgan fingerprint density at radius 3 is 2.56 bits per heavy atom. The van der Waals surface area contributed by atoms with Crippen LogP contribution >= 0.6 is 0 Å². The fraction of sp³-hybridized carbons (Fsp3) is 0.846. The molecule has 0 radical (unpaired) electrons. The van der Waals surface area contributed by atoms with Crippen LogP contribution in [0.5, 0.6) is 0 Å². The van der Waals surface area contributed by atoms with Crippen molar-refractivity contribution in [2.24, 2.45) is 5.73 Å². The summed E-state index contributed by atoms with van der Waals surface area (Å²) < 4.78 is 5.35. The Labute approximate surface area is 108 Å². The van der Waals surface area contributed by atoms with E-state index in [0.717, 1.165) is 31.1 Å². The predicted octanol–water partition coefficient (Wildman–Crippen LogP) is 1.65. The lowest BCUT2D eigenvalue weighted by molar-refractivity contribution is 0.105. The highest BCUT2D eigenvalue weighted by Crippen LogP contribution is 2.35. The smallest absolute Gasteiger partial charge is 0.240 e. The van der Waals surface area contributed by atoms with E-state index in [0.29, 0.717) is 24.0 Å². The molecule has 2 bridgehead atoms. The molecule has 0 aliphatic carbocycles. The van der Waals surface area contributed by atoms with Crippen molar-refractivity contribution < 1.29 is 4.52 Å². The number of nitrogens with zero attached hydrogens (tertiary/aromatic N) is 3. The third-order valence-corrected chi connectivity index (χ3v) is 4.24. The molecule has 3 heterocycles. The molecular weight excluding hydrogens is 228 g/mol. The van der Waals surface area contributed by atoms with Crippen molar-refractivity contribution in [1.82, 2.24) is 15.0 Å². The van der Waals surface area contributed by atoms with Crippen molar-refractivity contribution in [2.45, 2.75) is 70.1 Å². The number of hydrogen-bond acceptors (Lipinski definition) is 5. The minimum Gasteiger partial charge on any atom is -0.338 e. The molecule has 0 spiro atoms. The Kier molecular flexibility index (Phi) is 3.11. The Hall–Kier alpha value is -0.940. The van der Waals surface area contributed by atoms with Crippen molar-refractivity contribution in [1.29, 1.82) is 0 Å². The van der Waals surface area contributed by atoms with E-state index >= 15 is 0 Å². The molecule has 0 aromatic carbocycles. The molecule has 2 atom stereocenters. The first-order valence-corrected chi connectivity index (χ1v) is 6.97. The van der Waals surface area contributed by atoms with E-state index in [1.165, 1.54) is 12.8 Å². The molecule has 2 saturated heterocycles. The second kappa shape index (κ2) is 4.63. The van der Waals surface area contributed by atoms with Crippen molar-refractivity contribution in [3.05, 3.63) is 11.7 Å². The van der Waals surface area contributed by atoms with Gasteiger partial charge in [0.1, 0.15) is 0 Å². The fourth-order valence-corrected chi connectivity index (χ4v) is 3.30. The van der Waals surface area contributed by atoms with E-state index in [1.54, 1.807) is 0 Å². The van der Waals surface area contributed by atoms with Crippen LogP contribution in [0.15, 0.2) is 4.52 Å². The SMILES string of the molecule is CC(C)c1noc(CN2C3CCC2CC(N)C3)n1. The molecule has 3 rings (SSSR count). The van der Waals surface area contributed by atoms with E-state index < -0.39 is 0 Å². The lowest BCUT2D eigenvalue weighted by Crippen LogP contribution is -2.46. The first-order chi connectivity index (χ1) is 8.63. The minimum absolute atomic E-state index is 0.328. The summed E-state index contributed by atoms with van der Waals surface area (Å²) >= 11 is 0. The van der Waals surface area contributed by atoms with Crippen LogP contribution in [0, 0.1) is 0 Å². The quantitative estimate of drug-likeness (QED) is 0.883. The standard InChI is InChI=1S/C13H22N4O/c1-8(2)13-15-12(18-16-13)7-17-10-3-4-11(17)6-9(14)5-10/h8-11H,3-7,14H2,1-2H3. The Balaban J connectivity index is 1.69. The van der Waals surface area contributed by atoms with Gasteiger partial charge in [-0.25, -0.2) is 0 Å². The normalized spacial score (nSPS) is 32.3. The molecule has 1 aromatic heterocycles. The molecular formula is C13H22N4O. The molecule has 5 heteroatoms. The van der Waals surface area contributed by atoms with E-state index in [-0.39, 0.29) is 0 Å². The third kappa shape index (κ3) is 2.17. The van der Waals surface area contributed by atoms with E-state index in [2.05, 4.69) is 28.9 Å². The fourth-order valence-electron chi connectivity index (χ4n) is 3.30. The van der Waals surface area contributed by atoms with Gasteiger partial charge in [0.25, 0.3) is 0 Å². The van der Waals surface area contributed by atoms with Crippen molar-refractivity contribution in [2.75, 3.05) is 0 Å². The van der Waals surface area contributed by atoms with Crippen LogP contribution in [0.4, 0.5) is 0 Å². The number of nitrogens with two attached hydrogens (primary N) is 1. The minimum atomic E-state index is 0.328. The topological polar surface area (TPSA) is 68.2 Å². The van der Waals surface area contributed by atoms with Gasteiger partial charge in [-0.1, -0.05) is 19.0 Å². The third-order valence-electron chi connectivity index (χ3n) is 4.24. The predicted molar refractivity (Wildman–Crippen MR) is 67.9 cm³/mol. The summed E-state index contributed by atoms with van der Waals surface area (Å²) in [7, 11) is 0. The maximum Gasteiger partial charge on any atom is 0.240 e. The molecule has 18 heavy (non-hydrogen) atoms. The van der Waals surface area contributed by atoms with Gasteiger partial charge in [-0.05, 0) is 25.7 Å². The Morgan fingerprint density at radius 2 is 2.00 bits per heavy atom. The molecule has 0 amide bonds. The second-order valence-corrected chi connectivity index (χ2v) is 5.99. The van der Waals surface area contributed by atoms with Crippen LogP contribution in [0.3, 0.4) is 0 Å². The number of hydrogen-bond donors (Lipinski definition) is 1. The average Bonchev–Trinajstić information content (AvgIpc) is 2.85. The zero-order chi connectivity index (χ0) is 12.7. The average molecular weight is 250 g/mol. The summed E-state index contributed by atoms with van der Waals surface area (Å²) in [5.41, 5.74) is 6.08. The van der Waals surface area contributed by atoms with Gasteiger partial charge in [0.2, 0.25) is 5.89 Å². The van der Waals surface area contributed by atoms with Crippen LogP contribution in [-0.4, -0.2) is 33.2 Å². The lowest BCUT2D eigenvalue weighted by atomic mass is 9.98. The lowest BCUT2D eigenvalue weighted by Gasteiger charge is -2.36. The zero-order valence-electron chi connectivity index (χ0n) is 11.2. The maximum atomic E-state index is 6.08. The molecule has 2 aliphatic rings. The summed E-state index contributed by atoms with van der Waals surface area (Å²) in [6.45, 7) is 4.96. The van der Waals surface area contributed by atoms with Crippen LogP contribution in [0.2, 0.25) is 0 Å². The molecule has 5 nitrogen and oxygen atoms in total. The molecule has 1 aromatic rings. The number of rotatable bonds is 3. The second-order valence-electron chi connectivity index (χ2n) is 5.99. The first-order valence-electron chi connectivity index (χ1n) is 6.97. The van der Waals surface area contributed by atoms with Crippen molar-refractivity contribution in [3.63, 3.8) is 0 Å². The zero-order valence-corrected chi connectivity index (χ0v) is 11.2. The first kappa shape index (κ1) is 12.1. The summed E-state index contributed by atoms with van der Waals surface area (Å²) in [5.74, 6) is 1.89. The van der Waals surface area contributed by atoms with E-state index in [4.69, 9.17) is 10.3 Å². The number of fused-ring (bicyclic) bond motifs is 2. The molecule has 2 N–H and O–H groups in total.